The average molecular weight is 231 g/mol. The molecule has 2 rings (SSSR count). The van der Waals surface area contributed by atoms with Gasteiger partial charge in [0.1, 0.15) is 5.82 Å². The highest BCUT2D eigenvalue weighted by Crippen LogP contribution is 2.28. The Morgan fingerprint density at radius 3 is 2.47 bits per heavy atom. The molecule has 3 nitrogen and oxygen atoms in total. The van der Waals surface area contributed by atoms with Gasteiger partial charge in [0.25, 0.3) is 0 Å². The number of hydrogen-bond donors (Lipinski definition) is 1. The van der Waals surface area contributed by atoms with Gasteiger partial charge in [0.2, 0.25) is 5.95 Å². The van der Waals surface area contributed by atoms with Crippen molar-refractivity contribution in [2.45, 2.75) is 20.8 Å². The van der Waals surface area contributed by atoms with E-state index in [0.717, 1.165) is 16.7 Å². The highest BCUT2D eigenvalue weighted by Gasteiger charge is 2.13. The highest BCUT2D eigenvalue weighted by molar-refractivity contribution is 5.68. The van der Waals surface area contributed by atoms with Crippen LogP contribution in [0.4, 0.5) is 10.3 Å². The monoisotopic (exact) mass is 231 g/mol. The third-order valence-corrected chi connectivity index (χ3v) is 2.66. The molecule has 0 radical (unpaired) electrons. The van der Waals surface area contributed by atoms with Crippen molar-refractivity contribution in [3.63, 3.8) is 0 Å². The van der Waals surface area contributed by atoms with E-state index in [1.54, 1.807) is 6.20 Å². The molecule has 1 heterocycles. The van der Waals surface area contributed by atoms with Gasteiger partial charge in [-0.25, -0.2) is 14.4 Å². The molecule has 2 N–H and O–H groups in total. The number of benzene rings is 1. The normalized spacial score (nSPS) is 10.6. The second-order valence-corrected chi connectivity index (χ2v) is 4.20. The highest BCUT2D eigenvalue weighted by atomic mass is 19.1. The Hall–Kier alpha value is -1.97. The molecular weight excluding hydrogens is 217 g/mol. The summed E-state index contributed by atoms with van der Waals surface area (Å²) in [6.07, 6.45) is 1.61. The molecule has 0 atom stereocenters. The van der Waals surface area contributed by atoms with Crippen LogP contribution in [0.25, 0.3) is 11.3 Å². The quantitative estimate of drug-likeness (QED) is 0.821. The van der Waals surface area contributed by atoms with Crippen LogP contribution in [0.15, 0.2) is 18.3 Å². The Morgan fingerprint density at radius 1 is 1.12 bits per heavy atom. The van der Waals surface area contributed by atoms with E-state index in [1.807, 2.05) is 26.8 Å². The van der Waals surface area contributed by atoms with Crippen molar-refractivity contribution in [3.8, 4) is 11.3 Å². The summed E-state index contributed by atoms with van der Waals surface area (Å²) in [6, 6.07) is 3.43. The molecule has 17 heavy (non-hydrogen) atoms. The Morgan fingerprint density at radius 2 is 1.82 bits per heavy atom. The number of aryl methyl sites for hydroxylation is 3. The van der Waals surface area contributed by atoms with Gasteiger partial charge >= 0.3 is 0 Å². The fraction of sp³-hybridized carbons (Fsp3) is 0.231. The summed E-state index contributed by atoms with van der Waals surface area (Å²) in [5, 5.41) is 0. The van der Waals surface area contributed by atoms with Crippen LogP contribution in [-0.2, 0) is 0 Å². The van der Waals surface area contributed by atoms with E-state index >= 15 is 0 Å². The smallest absolute Gasteiger partial charge is 0.220 e. The summed E-state index contributed by atoms with van der Waals surface area (Å²) in [5.41, 5.74) is 9.17. The van der Waals surface area contributed by atoms with Crippen LogP contribution in [0, 0.1) is 26.6 Å². The van der Waals surface area contributed by atoms with Gasteiger partial charge in [-0.2, -0.15) is 0 Å². The fourth-order valence-corrected chi connectivity index (χ4v) is 1.92. The van der Waals surface area contributed by atoms with Crippen molar-refractivity contribution < 1.29 is 4.39 Å². The van der Waals surface area contributed by atoms with Crippen molar-refractivity contribution >= 4 is 5.95 Å². The Labute approximate surface area is 99.5 Å². The summed E-state index contributed by atoms with van der Waals surface area (Å²) in [6.45, 7) is 5.57. The zero-order chi connectivity index (χ0) is 12.6. The molecule has 0 aliphatic heterocycles. The van der Waals surface area contributed by atoms with Gasteiger partial charge in [-0.3, -0.25) is 0 Å². The Kier molecular flexibility index (Phi) is 2.79. The number of hydrogen-bond acceptors (Lipinski definition) is 3. The standard InChI is InChI=1S/C13H14FN3/c1-7-4-8(2)11(10(14)5-7)12-9(3)6-16-13(15)17-12/h4-6H,1-3H3,(H2,15,16,17). The minimum absolute atomic E-state index is 0.157. The molecule has 2 aromatic rings. The predicted octanol–water partition coefficient (Wildman–Crippen LogP) is 2.79. The van der Waals surface area contributed by atoms with E-state index in [2.05, 4.69) is 9.97 Å². The number of anilines is 1. The van der Waals surface area contributed by atoms with Crippen molar-refractivity contribution in [1.82, 2.24) is 9.97 Å². The zero-order valence-electron chi connectivity index (χ0n) is 10.1. The summed E-state index contributed by atoms with van der Waals surface area (Å²) >= 11 is 0. The molecule has 4 heteroatoms. The summed E-state index contributed by atoms with van der Waals surface area (Å²) in [7, 11) is 0. The minimum atomic E-state index is -0.274. The van der Waals surface area contributed by atoms with Crippen LogP contribution < -0.4 is 5.73 Å². The van der Waals surface area contributed by atoms with Gasteiger partial charge in [-0.05, 0) is 43.5 Å². The minimum Gasteiger partial charge on any atom is -0.368 e. The topological polar surface area (TPSA) is 51.8 Å². The number of rotatable bonds is 1. The molecule has 0 fully saturated rings. The van der Waals surface area contributed by atoms with Gasteiger partial charge in [0.05, 0.1) is 5.69 Å². The lowest BCUT2D eigenvalue weighted by Crippen LogP contribution is -2.01. The first-order valence-corrected chi connectivity index (χ1v) is 5.35. The van der Waals surface area contributed by atoms with Gasteiger partial charge < -0.3 is 5.73 Å². The van der Waals surface area contributed by atoms with Crippen LogP contribution >= 0.6 is 0 Å². The molecule has 0 amide bonds. The van der Waals surface area contributed by atoms with E-state index in [0.29, 0.717) is 11.3 Å². The molecular formula is C13H14FN3. The Bertz CT molecular complexity index is 556. The first-order valence-electron chi connectivity index (χ1n) is 5.35. The lowest BCUT2D eigenvalue weighted by molar-refractivity contribution is 0.628. The van der Waals surface area contributed by atoms with Gasteiger partial charge in [0, 0.05) is 11.8 Å². The summed E-state index contributed by atoms with van der Waals surface area (Å²) in [5.74, 6) is -0.117. The van der Waals surface area contributed by atoms with Gasteiger partial charge in [-0.15, -0.1) is 0 Å². The molecule has 1 aromatic heterocycles. The molecule has 0 aliphatic rings. The number of nitrogens with two attached hydrogens (primary N) is 1. The SMILES string of the molecule is Cc1cc(C)c(-c2nc(N)ncc2C)c(F)c1. The van der Waals surface area contributed by atoms with E-state index in [1.165, 1.54) is 6.07 Å². The maximum atomic E-state index is 14.0. The molecule has 0 aliphatic carbocycles. The predicted molar refractivity (Wildman–Crippen MR) is 66.0 cm³/mol. The molecule has 1 aromatic carbocycles. The van der Waals surface area contributed by atoms with Gasteiger partial charge in [0.15, 0.2) is 0 Å². The lowest BCUT2D eigenvalue weighted by atomic mass is 10.00. The molecule has 0 spiro atoms. The van der Waals surface area contributed by atoms with E-state index in [-0.39, 0.29) is 11.8 Å². The molecule has 0 unspecified atom stereocenters. The van der Waals surface area contributed by atoms with E-state index in [4.69, 9.17) is 5.73 Å². The number of nitrogen functional groups attached to an aromatic ring is 1. The van der Waals surface area contributed by atoms with Crippen molar-refractivity contribution in [1.29, 1.82) is 0 Å². The van der Waals surface area contributed by atoms with Crippen LogP contribution in [0.1, 0.15) is 16.7 Å². The second-order valence-electron chi connectivity index (χ2n) is 4.20. The zero-order valence-corrected chi connectivity index (χ0v) is 10.1. The van der Waals surface area contributed by atoms with Crippen LogP contribution in [-0.4, -0.2) is 9.97 Å². The van der Waals surface area contributed by atoms with Gasteiger partial charge in [-0.1, -0.05) is 6.07 Å². The van der Waals surface area contributed by atoms with E-state index in [9.17, 15) is 4.39 Å². The first kappa shape index (κ1) is 11.5. The largest absolute Gasteiger partial charge is 0.368 e. The van der Waals surface area contributed by atoms with Crippen LogP contribution in [0.3, 0.4) is 0 Å². The average Bonchev–Trinajstić information content (AvgIpc) is 2.21. The molecule has 0 saturated carbocycles. The maximum Gasteiger partial charge on any atom is 0.220 e. The first-order chi connectivity index (χ1) is 7.99. The third-order valence-electron chi connectivity index (χ3n) is 2.66. The molecule has 88 valence electrons. The van der Waals surface area contributed by atoms with Crippen molar-refractivity contribution in [2.24, 2.45) is 0 Å². The summed E-state index contributed by atoms with van der Waals surface area (Å²) < 4.78 is 14.0. The number of halogens is 1. The second kappa shape index (κ2) is 4.13. The number of nitrogens with zero attached hydrogens (tertiary/aromatic N) is 2. The maximum absolute atomic E-state index is 14.0. The van der Waals surface area contributed by atoms with Crippen molar-refractivity contribution in [2.75, 3.05) is 5.73 Å². The van der Waals surface area contributed by atoms with E-state index < -0.39 is 0 Å². The number of aromatic nitrogens is 2. The molecule has 0 saturated heterocycles. The van der Waals surface area contributed by atoms with Crippen LogP contribution in [0.2, 0.25) is 0 Å². The fourth-order valence-electron chi connectivity index (χ4n) is 1.92. The van der Waals surface area contributed by atoms with Crippen molar-refractivity contribution in [3.05, 3.63) is 40.8 Å². The third kappa shape index (κ3) is 2.11. The lowest BCUT2D eigenvalue weighted by Gasteiger charge is -2.10. The Balaban J connectivity index is 2.72. The van der Waals surface area contributed by atoms with Crippen LogP contribution in [0.5, 0.6) is 0 Å². The molecule has 0 bridgehead atoms. The summed E-state index contributed by atoms with van der Waals surface area (Å²) in [4.78, 5) is 8.01.